The van der Waals surface area contributed by atoms with Crippen molar-refractivity contribution in [1.82, 2.24) is 0 Å². The van der Waals surface area contributed by atoms with Crippen LogP contribution in [0, 0.1) is 17.3 Å². The van der Waals surface area contributed by atoms with Crippen molar-refractivity contribution < 1.29 is 4.74 Å². The predicted molar refractivity (Wildman–Crippen MR) is 89.1 cm³/mol. The minimum Gasteiger partial charge on any atom is -0.375 e. The Balaban J connectivity index is 2.68. The van der Waals surface area contributed by atoms with Crippen molar-refractivity contribution in [3.05, 3.63) is 0 Å². The first-order valence-electron chi connectivity index (χ1n) is 8.98. The molecule has 1 nitrogen and oxygen atoms in total. The third kappa shape index (κ3) is 5.39. The molecule has 0 amide bonds. The maximum absolute atomic E-state index is 6.43. The Morgan fingerprint density at radius 2 is 1.70 bits per heavy atom. The molecule has 20 heavy (non-hydrogen) atoms. The quantitative estimate of drug-likeness (QED) is 0.514. The summed E-state index contributed by atoms with van der Waals surface area (Å²) >= 11 is 0. The molecule has 1 aliphatic rings. The summed E-state index contributed by atoms with van der Waals surface area (Å²) in [4.78, 5) is 0. The summed E-state index contributed by atoms with van der Waals surface area (Å²) in [6.45, 7) is 15.1. The first-order valence-corrected chi connectivity index (χ1v) is 8.98. The van der Waals surface area contributed by atoms with Gasteiger partial charge in [0.15, 0.2) is 0 Å². The zero-order chi connectivity index (χ0) is 15.2. The summed E-state index contributed by atoms with van der Waals surface area (Å²) in [5.74, 6) is 1.76. The highest BCUT2D eigenvalue weighted by Gasteiger charge is 2.40. The smallest absolute Gasteiger partial charge is 0.0687 e. The van der Waals surface area contributed by atoms with E-state index in [-0.39, 0.29) is 5.60 Å². The van der Waals surface area contributed by atoms with Crippen molar-refractivity contribution in [2.24, 2.45) is 17.3 Å². The van der Waals surface area contributed by atoms with Gasteiger partial charge < -0.3 is 4.74 Å². The topological polar surface area (TPSA) is 9.23 Å². The summed E-state index contributed by atoms with van der Waals surface area (Å²) in [7, 11) is 0. The van der Waals surface area contributed by atoms with Crippen LogP contribution in [0.4, 0.5) is 0 Å². The zero-order valence-corrected chi connectivity index (χ0v) is 14.9. The first-order chi connectivity index (χ1) is 9.34. The molecule has 0 aromatic rings. The van der Waals surface area contributed by atoms with Crippen LogP contribution in [0.3, 0.4) is 0 Å². The fourth-order valence-corrected chi connectivity index (χ4v) is 4.16. The third-order valence-electron chi connectivity index (χ3n) is 5.22. The molecule has 0 radical (unpaired) electrons. The molecule has 1 heteroatoms. The molecule has 0 aliphatic heterocycles. The van der Waals surface area contributed by atoms with Gasteiger partial charge in [-0.15, -0.1) is 0 Å². The SMILES string of the molecule is CCCOC1(CC(C)(C)CCC)CCC(C(C)C)CC1. The fourth-order valence-electron chi connectivity index (χ4n) is 4.16. The lowest BCUT2D eigenvalue weighted by Gasteiger charge is -2.45. The molecule has 0 heterocycles. The summed E-state index contributed by atoms with van der Waals surface area (Å²) < 4.78 is 6.43. The Hall–Kier alpha value is -0.0400. The molecular weight excluding hydrogens is 244 g/mol. The number of hydrogen-bond donors (Lipinski definition) is 0. The molecule has 0 saturated heterocycles. The lowest BCUT2D eigenvalue weighted by molar-refractivity contribution is -0.105. The van der Waals surface area contributed by atoms with Gasteiger partial charge in [0.05, 0.1) is 5.60 Å². The van der Waals surface area contributed by atoms with Gasteiger partial charge in [-0.2, -0.15) is 0 Å². The normalized spacial score (nSPS) is 28.1. The van der Waals surface area contributed by atoms with Gasteiger partial charge in [-0.1, -0.05) is 48.0 Å². The highest BCUT2D eigenvalue weighted by Crippen LogP contribution is 2.45. The second-order valence-electron chi connectivity index (χ2n) is 8.20. The van der Waals surface area contributed by atoms with E-state index in [0.29, 0.717) is 5.41 Å². The second kappa shape index (κ2) is 7.82. The van der Waals surface area contributed by atoms with Gasteiger partial charge in [-0.25, -0.2) is 0 Å². The Bertz CT molecular complexity index is 259. The average molecular weight is 283 g/mol. The molecule has 1 fully saturated rings. The van der Waals surface area contributed by atoms with Crippen molar-refractivity contribution in [1.29, 1.82) is 0 Å². The molecule has 1 saturated carbocycles. The van der Waals surface area contributed by atoms with E-state index in [1.807, 2.05) is 0 Å². The van der Waals surface area contributed by atoms with E-state index >= 15 is 0 Å². The minimum atomic E-state index is 0.181. The van der Waals surface area contributed by atoms with Crippen molar-refractivity contribution in [2.75, 3.05) is 6.61 Å². The highest BCUT2D eigenvalue weighted by atomic mass is 16.5. The lowest BCUT2D eigenvalue weighted by atomic mass is 9.67. The number of rotatable bonds is 8. The fraction of sp³-hybridized carbons (Fsp3) is 1.00. The lowest BCUT2D eigenvalue weighted by Crippen LogP contribution is -2.42. The zero-order valence-electron chi connectivity index (χ0n) is 14.9. The molecule has 0 unspecified atom stereocenters. The molecular formula is C19H38O. The minimum absolute atomic E-state index is 0.181. The summed E-state index contributed by atoms with van der Waals surface area (Å²) in [5, 5.41) is 0. The predicted octanol–water partition coefficient (Wildman–Crippen LogP) is 6.21. The van der Waals surface area contributed by atoms with Gasteiger partial charge in [0.25, 0.3) is 0 Å². The van der Waals surface area contributed by atoms with Crippen molar-refractivity contribution in [3.8, 4) is 0 Å². The standard InChI is InChI=1S/C19H38O/c1-7-11-18(5,6)15-19(20-14-8-2)12-9-17(10-13-19)16(3)4/h16-17H,7-15H2,1-6H3. The third-order valence-corrected chi connectivity index (χ3v) is 5.22. The first kappa shape index (κ1) is 18.0. The Morgan fingerprint density at radius 1 is 1.10 bits per heavy atom. The van der Waals surface area contributed by atoms with E-state index in [9.17, 15) is 0 Å². The number of hydrogen-bond acceptors (Lipinski definition) is 1. The molecule has 1 aliphatic carbocycles. The molecule has 1 rings (SSSR count). The van der Waals surface area contributed by atoms with E-state index in [1.54, 1.807) is 0 Å². The van der Waals surface area contributed by atoms with E-state index in [4.69, 9.17) is 4.74 Å². The Kier molecular flexibility index (Phi) is 7.04. The molecule has 0 aromatic carbocycles. The summed E-state index contributed by atoms with van der Waals surface area (Å²) in [6, 6.07) is 0. The molecule has 120 valence electrons. The summed E-state index contributed by atoms with van der Waals surface area (Å²) in [6.07, 6.45) is 10.3. The highest BCUT2D eigenvalue weighted by molar-refractivity contribution is 4.92. The van der Waals surface area contributed by atoms with Gasteiger partial charge in [0, 0.05) is 6.61 Å². The van der Waals surface area contributed by atoms with E-state index < -0.39 is 0 Å². The molecule has 0 N–H and O–H groups in total. The van der Waals surface area contributed by atoms with Crippen molar-refractivity contribution in [3.63, 3.8) is 0 Å². The van der Waals surface area contributed by atoms with E-state index in [0.717, 1.165) is 24.9 Å². The van der Waals surface area contributed by atoms with Crippen LogP contribution in [0.15, 0.2) is 0 Å². The van der Waals surface area contributed by atoms with Crippen molar-refractivity contribution in [2.45, 2.75) is 98.5 Å². The molecule has 0 bridgehead atoms. The summed E-state index contributed by atoms with van der Waals surface area (Å²) in [5.41, 5.74) is 0.604. The van der Waals surface area contributed by atoms with Crippen LogP contribution in [0.5, 0.6) is 0 Å². The average Bonchev–Trinajstić information content (AvgIpc) is 2.36. The van der Waals surface area contributed by atoms with Gasteiger partial charge in [-0.05, 0) is 62.2 Å². The Labute approximate surface area is 127 Å². The monoisotopic (exact) mass is 282 g/mol. The van der Waals surface area contributed by atoms with Gasteiger partial charge >= 0.3 is 0 Å². The van der Waals surface area contributed by atoms with Crippen LogP contribution in [0.25, 0.3) is 0 Å². The van der Waals surface area contributed by atoms with Gasteiger partial charge in [0.1, 0.15) is 0 Å². The van der Waals surface area contributed by atoms with E-state index in [1.165, 1.54) is 44.9 Å². The van der Waals surface area contributed by atoms with Crippen molar-refractivity contribution >= 4 is 0 Å². The number of ether oxygens (including phenoxy) is 1. The van der Waals surface area contributed by atoms with Crippen LogP contribution < -0.4 is 0 Å². The van der Waals surface area contributed by atoms with Crippen LogP contribution in [0.1, 0.15) is 92.9 Å². The van der Waals surface area contributed by atoms with Crippen LogP contribution in [-0.2, 0) is 4.74 Å². The Morgan fingerprint density at radius 3 is 2.15 bits per heavy atom. The second-order valence-corrected chi connectivity index (χ2v) is 8.20. The van der Waals surface area contributed by atoms with Gasteiger partial charge in [0.2, 0.25) is 0 Å². The largest absolute Gasteiger partial charge is 0.375 e. The van der Waals surface area contributed by atoms with Crippen LogP contribution in [0.2, 0.25) is 0 Å². The molecule has 0 atom stereocenters. The maximum atomic E-state index is 6.43. The van der Waals surface area contributed by atoms with Crippen LogP contribution >= 0.6 is 0 Å². The maximum Gasteiger partial charge on any atom is 0.0687 e. The van der Waals surface area contributed by atoms with E-state index in [2.05, 4.69) is 41.5 Å². The van der Waals surface area contributed by atoms with Gasteiger partial charge in [-0.3, -0.25) is 0 Å². The molecule has 0 aromatic heterocycles. The van der Waals surface area contributed by atoms with Crippen LogP contribution in [-0.4, -0.2) is 12.2 Å². The molecule has 0 spiro atoms.